The van der Waals surface area contributed by atoms with E-state index in [9.17, 15) is 28.4 Å². The first-order chi connectivity index (χ1) is 15.5. The van der Waals surface area contributed by atoms with Gasteiger partial charge in [-0.2, -0.15) is 5.26 Å². The number of carboxylic acids is 1. The van der Waals surface area contributed by atoms with E-state index in [2.05, 4.69) is 9.71 Å². The Labute approximate surface area is 201 Å². The predicted octanol–water partition coefficient (Wildman–Crippen LogP) is 3.13. The van der Waals surface area contributed by atoms with Gasteiger partial charge in [-0.05, 0) is 43.5 Å². The zero-order chi connectivity index (χ0) is 24.3. The number of aromatic nitrogens is 1. The van der Waals surface area contributed by atoms with Crippen LogP contribution in [-0.2, 0) is 20.6 Å². The molecule has 2 aromatic rings. The van der Waals surface area contributed by atoms with Crippen molar-refractivity contribution >= 4 is 50.9 Å². The summed E-state index contributed by atoms with van der Waals surface area (Å²) >= 11 is 11.8. The largest absolute Gasteiger partial charge is 0.478 e. The number of piperidine rings is 1. The number of rotatable bonds is 6. The Morgan fingerprint density at radius 1 is 1.24 bits per heavy atom. The van der Waals surface area contributed by atoms with E-state index in [1.165, 1.54) is 24.3 Å². The molecule has 12 heteroatoms. The Balaban J connectivity index is 1.64. The lowest BCUT2D eigenvalue weighted by atomic mass is 9.96. The molecular formula is C21H20Cl2N4O5S. The van der Waals surface area contributed by atoms with Crippen molar-refractivity contribution in [2.45, 2.75) is 25.5 Å². The Morgan fingerprint density at radius 3 is 2.48 bits per heavy atom. The third-order valence-electron chi connectivity index (χ3n) is 5.31. The van der Waals surface area contributed by atoms with Crippen molar-refractivity contribution in [1.82, 2.24) is 9.71 Å². The minimum absolute atomic E-state index is 0.0447. The highest BCUT2D eigenvalue weighted by Gasteiger charge is 2.30. The molecule has 1 aromatic carbocycles. The molecule has 1 amide bonds. The second kappa shape index (κ2) is 9.95. The molecule has 2 N–H and O–H groups in total. The fraction of sp³-hybridized carbons (Fsp3) is 0.333. The van der Waals surface area contributed by atoms with Gasteiger partial charge in [0.15, 0.2) is 0 Å². The highest BCUT2D eigenvalue weighted by Crippen LogP contribution is 2.27. The number of hydrogen-bond acceptors (Lipinski definition) is 7. The summed E-state index contributed by atoms with van der Waals surface area (Å²) in [5, 5.41) is 19.2. The fourth-order valence-electron chi connectivity index (χ4n) is 3.61. The first kappa shape index (κ1) is 24.8. The third-order valence-corrected chi connectivity index (χ3v) is 7.27. The van der Waals surface area contributed by atoms with Crippen LogP contribution in [0.5, 0.6) is 0 Å². The number of carbonyl (C=O) groups excluding carboxylic acids is 1. The quantitative estimate of drug-likeness (QED) is 0.603. The number of sulfonamides is 1. The van der Waals surface area contributed by atoms with E-state index < -0.39 is 33.6 Å². The molecule has 0 radical (unpaired) electrons. The minimum Gasteiger partial charge on any atom is -0.478 e. The predicted molar refractivity (Wildman–Crippen MR) is 123 cm³/mol. The molecule has 1 aliphatic heterocycles. The number of amides is 1. The Morgan fingerprint density at radius 2 is 1.91 bits per heavy atom. The molecular weight excluding hydrogens is 491 g/mol. The summed E-state index contributed by atoms with van der Waals surface area (Å²) in [6, 6.07) is 7.70. The molecule has 9 nitrogen and oxygen atoms in total. The Kier molecular flexibility index (Phi) is 7.47. The number of nitrogens with zero attached hydrogens (tertiary/aromatic N) is 3. The number of pyridine rings is 1. The lowest BCUT2D eigenvalue weighted by Crippen LogP contribution is -2.43. The molecule has 0 aliphatic carbocycles. The molecule has 0 saturated carbocycles. The van der Waals surface area contributed by atoms with Gasteiger partial charge in [0.25, 0.3) is 0 Å². The fourth-order valence-corrected chi connectivity index (χ4v) is 5.09. The maximum Gasteiger partial charge on any atom is 0.337 e. The molecule has 0 unspecified atom stereocenters. The van der Waals surface area contributed by atoms with Crippen LogP contribution in [0.2, 0.25) is 10.0 Å². The molecule has 1 fully saturated rings. The highest BCUT2D eigenvalue weighted by molar-refractivity contribution is 7.89. The second-order valence-electron chi connectivity index (χ2n) is 7.64. The molecule has 0 atom stereocenters. The van der Waals surface area contributed by atoms with Crippen molar-refractivity contribution in [3.63, 3.8) is 0 Å². The summed E-state index contributed by atoms with van der Waals surface area (Å²) in [6.07, 6.45) is 0.695. The molecule has 0 spiro atoms. The average Bonchev–Trinajstić information content (AvgIpc) is 2.75. The van der Waals surface area contributed by atoms with Gasteiger partial charge in [-0.3, -0.25) is 9.52 Å². The second-order valence-corrected chi connectivity index (χ2v) is 10.2. The number of anilines is 1. The van der Waals surface area contributed by atoms with E-state index in [4.69, 9.17) is 23.2 Å². The zero-order valence-corrected chi connectivity index (χ0v) is 19.8. The van der Waals surface area contributed by atoms with Crippen molar-refractivity contribution in [2.24, 2.45) is 5.92 Å². The zero-order valence-electron chi connectivity index (χ0n) is 17.5. The van der Waals surface area contributed by atoms with Gasteiger partial charge in [-0.25, -0.2) is 18.2 Å². The number of aryl methyl sites for hydroxylation is 1. The van der Waals surface area contributed by atoms with Crippen molar-refractivity contribution in [3.8, 4) is 6.07 Å². The maximum atomic E-state index is 12.6. The van der Waals surface area contributed by atoms with Gasteiger partial charge in [0.2, 0.25) is 15.9 Å². The number of nitrogens with one attached hydrogen (secondary N) is 1. The van der Waals surface area contributed by atoms with Gasteiger partial charge in [0, 0.05) is 19.0 Å². The van der Waals surface area contributed by atoms with Crippen LogP contribution in [0.15, 0.2) is 24.3 Å². The summed E-state index contributed by atoms with van der Waals surface area (Å²) in [5.74, 6) is -2.36. The number of nitriles is 1. The number of halogens is 2. The highest BCUT2D eigenvalue weighted by atomic mass is 35.5. The molecule has 1 aromatic heterocycles. The van der Waals surface area contributed by atoms with Crippen molar-refractivity contribution in [2.75, 3.05) is 18.0 Å². The van der Waals surface area contributed by atoms with Crippen LogP contribution in [0.1, 0.15) is 40.0 Å². The van der Waals surface area contributed by atoms with Gasteiger partial charge in [-0.1, -0.05) is 29.3 Å². The van der Waals surface area contributed by atoms with Crippen LogP contribution < -0.4 is 9.62 Å². The first-order valence-corrected chi connectivity index (χ1v) is 12.3. The molecule has 1 aliphatic rings. The smallest absolute Gasteiger partial charge is 0.337 e. The average molecular weight is 511 g/mol. The Bertz CT molecular complexity index is 1250. The van der Waals surface area contributed by atoms with Crippen LogP contribution in [0.25, 0.3) is 0 Å². The van der Waals surface area contributed by atoms with Gasteiger partial charge < -0.3 is 10.0 Å². The van der Waals surface area contributed by atoms with Crippen LogP contribution in [0, 0.1) is 24.2 Å². The number of carboxylic acid groups (broad SMARTS) is 1. The van der Waals surface area contributed by atoms with E-state index >= 15 is 0 Å². The molecule has 3 rings (SSSR count). The summed E-state index contributed by atoms with van der Waals surface area (Å²) in [7, 11) is -3.93. The van der Waals surface area contributed by atoms with E-state index in [-0.39, 0.29) is 21.8 Å². The molecule has 174 valence electrons. The minimum atomic E-state index is -3.93. The van der Waals surface area contributed by atoms with Crippen LogP contribution in [0.4, 0.5) is 5.82 Å². The van der Waals surface area contributed by atoms with E-state index in [1.54, 1.807) is 11.8 Å². The lowest BCUT2D eigenvalue weighted by molar-refractivity contribution is -0.123. The van der Waals surface area contributed by atoms with E-state index in [0.717, 1.165) is 0 Å². The summed E-state index contributed by atoms with van der Waals surface area (Å²) < 4.78 is 27.0. The maximum absolute atomic E-state index is 12.6. The van der Waals surface area contributed by atoms with Crippen LogP contribution >= 0.6 is 23.2 Å². The van der Waals surface area contributed by atoms with Gasteiger partial charge in [0.05, 0.1) is 32.6 Å². The van der Waals surface area contributed by atoms with Crippen molar-refractivity contribution in [3.05, 3.63) is 56.7 Å². The standard InChI is InChI=1S/C21H20Cl2N4O5S/c1-12-16(21(29)30)9-15(10-24)19(25-12)27-6-4-14(5-7-27)20(28)26-33(31,32)11-13-2-3-17(22)18(23)8-13/h2-3,8-9,14H,4-7,11H2,1H3,(H,26,28)(H,29,30). The third kappa shape index (κ3) is 5.93. The normalized spacial score (nSPS) is 14.5. The van der Waals surface area contributed by atoms with Gasteiger partial charge in [0.1, 0.15) is 11.9 Å². The molecule has 33 heavy (non-hydrogen) atoms. The SMILES string of the molecule is Cc1nc(N2CCC(C(=O)NS(=O)(=O)Cc3ccc(Cl)c(Cl)c3)CC2)c(C#N)cc1C(=O)O. The van der Waals surface area contributed by atoms with E-state index in [0.29, 0.717) is 42.3 Å². The lowest BCUT2D eigenvalue weighted by Gasteiger charge is -2.32. The number of hydrogen-bond donors (Lipinski definition) is 2. The Hall–Kier alpha value is -2.87. The molecule has 1 saturated heterocycles. The van der Waals surface area contributed by atoms with Crippen molar-refractivity contribution in [1.29, 1.82) is 5.26 Å². The molecule has 0 bridgehead atoms. The number of carbonyl (C=O) groups is 2. The van der Waals surface area contributed by atoms with Gasteiger partial charge in [-0.15, -0.1) is 0 Å². The summed E-state index contributed by atoms with van der Waals surface area (Å²) in [6.45, 7) is 2.27. The van der Waals surface area contributed by atoms with Gasteiger partial charge >= 0.3 is 5.97 Å². The first-order valence-electron chi connectivity index (χ1n) is 9.89. The van der Waals surface area contributed by atoms with Crippen LogP contribution in [0.3, 0.4) is 0 Å². The topological polar surface area (TPSA) is 140 Å². The number of benzene rings is 1. The monoisotopic (exact) mass is 510 g/mol. The van der Waals surface area contributed by atoms with Crippen LogP contribution in [-0.4, -0.2) is 43.5 Å². The van der Waals surface area contributed by atoms with Crippen molar-refractivity contribution < 1.29 is 23.1 Å². The molecule has 2 heterocycles. The van der Waals surface area contributed by atoms with E-state index in [1.807, 2.05) is 6.07 Å². The number of aromatic carboxylic acids is 1. The summed E-state index contributed by atoms with van der Waals surface area (Å²) in [4.78, 5) is 29.9. The summed E-state index contributed by atoms with van der Waals surface area (Å²) in [5.41, 5.74) is 0.765.